The molecule has 0 saturated carbocycles. The largest absolute Gasteiger partial charge is 0.390 e. The van der Waals surface area contributed by atoms with Gasteiger partial charge in [0, 0.05) is 15.7 Å². The first-order valence-corrected chi connectivity index (χ1v) is 5.44. The van der Waals surface area contributed by atoms with E-state index >= 15 is 0 Å². The van der Waals surface area contributed by atoms with E-state index in [1.807, 2.05) is 24.3 Å². The zero-order valence-electron chi connectivity index (χ0n) is 7.75. The van der Waals surface area contributed by atoms with E-state index in [2.05, 4.69) is 0 Å². The summed E-state index contributed by atoms with van der Waals surface area (Å²) in [7, 11) is 0. The minimum absolute atomic E-state index is 0.621. The van der Waals surface area contributed by atoms with Crippen LogP contribution in [0.2, 0.25) is 5.02 Å². The monoisotopic (exact) mass is 216 g/mol. The Kier molecular flexibility index (Phi) is 3.65. The van der Waals surface area contributed by atoms with Gasteiger partial charge in [-0.15, -0.1) is 11.8 Å². The Balaban J connectivity index is 2.51. The summed E-state index contributed by atoms with van der Waals surface area (Å²) in [5, 5.41) is 10.2. The van der Waals surface area contributed by atoms with Gasteiger partial charge in [0.25, 0.3) is 0 Å². The van der Waals surface area contributed by atoms with Gasteiger partial charge >= 0.3 is 0 Å². The molecule has 1 rings (SSSR count). The van der Waals surface area contributed by atoms with Gasteiger partial charge in [-0.2, -0.15) is 0 Å². The number of thioether (sulfide) groups is 1. The van der Waals surface area contributed by atoms with Crippen molar-refractivity contribution in [1.82, 2.24) is 0 Å². The first kappa shape index (κ1) is 10.9. The van der Waals surface area contributed by atoms with Gasteiger partial charge in [-0.05, 0) is 38.1 Å². The van der Waals surface area contributed by atoms with Crippen LogP contribution in [-0.2, 0) is 0 Å². The maximum Gasteiger partial charge on any atom is 0.0685 e. The van der Waals surface area contributed by atoms with Gasteiger partial charge in [0.05, 0.1) is 5.60 Å². The summed E-state index contributed by atoms with van der Waals surface area (Å²) in [6, 6.07) is 7.63. The molecule has 0 spiro atoms. The number of aliphatic hydroxyl groups is 1. The van der Waals surface area contributed by atoms with Crippen LogP contribution in [0.3, 0.4) is 0 Å². The molecule has 0 bridgehead atoms. The van der Waals surface area contributed by atoms with E-state index in [0.29, 0.717) is 5.75 Å². The molecule has 0 aliphatic carbocycles. The molecule has 0 aromatic heterocycles. The third-order valence-corrected chi connectivity index (χ3v) is 3.11. The summed E-state index contributed by atoms with van der Waals surface area (Å²) < 4.78 is 0. The predicted molar refractivity (Wildman–Crippen MR) is 58.5 cm³/mol. The van der Waals surface area contributed by atoms with Crippen molar-refractivity contribution < 1.29 is 5.11 Å². The first-order chi connectivity index (χ1) is 5.97. The van der Waals surface area contributed by atoms with E-state index in [0.717, 1.165) is 9.92 Å². The fourth-order valence-electron chi connectivity index (χ4n) is 0.791. The van der Waals surface area contributed by atoms with Crippen molar-refractivity contribution in [2.75, 3.05) is 5.75 Å². The Morgan fingerprint density at radius 1 is 1.31 bits per heavy atom. The average Bonchev–Trinajstić information content (AvgIpc) is 2.02. The molecule has 1 nitrogen and oxygen atoms in total. The van der Waals surface area contributed by atoms with Crippen molar-refractivity contribution in [3.05, 3.63) is 29.3 Å². The quantitative estimate of drug-likeness (QED) is 0.784. The Morgan fingerprint density at radius 3 is 2.31 bits per heavy atom. The number of rotatable bonds is 3. The van der Waals surface area contributed by atoms with E-state index in [1.165, 1.54) is 0 Å². The van der Waals surface area contributed by atoms with Crippen molar-refractivity contribution >= 4 is 23.4 Å². The summed E-state index contributed by atoms with van der Waals surface area (Å²) in [5.74, 6) is 0.689. The minimum Gasteiger partial charge on any atom is -0.390 e. The summed E-state index contributed by atoms with van der Waals surface area (Å²) >= 11 is 7.37. The molecule has 0 heterocycles. The van der Waals surface area contributed by atoms with Gasteiger partial charge in [0.2, 0.25) is 0 Å². The van der Waals surface area contributed by atoms with Gasteiger partial charge in [0.1, 0.15) is 0 Å². The predicted octanol–water partition coefficient (Wildman–Crippen LogP) is 3.20. The van der Waals surface area contributed by atoms with Crippen LogP contribution in [0, 0.1) is 0 Å². The molecule has 0 unspecified atom stereocenters. The lowest BCUT2D eigenvalue weighted by atomic mass is 10.2. The van der Waals surface area contributed by atoms with Gasteiger partial charge in [-0.1, -0.05) is 11.6 Å². The maximum absolute atomic E-state index is 9.49. The van der Waals surface area contributed by atoms with Crippen LogP contribution < -0.4 is 0 Å². The van der Waals surface area contributed by atoms with Gasteiger partial charge in [-0.3, -0.25) is 0 Å². The zero-order chi connectivity index (χ0) is 9.90. The lowest BCUT2D eigenvalue weighted by Crippen LogP contribution is -2.21. The number of hydrogen-bond donors (Lipinski definition) is 1. The highest BCUT2D eigenvalue weighted by atomic mass is 35.5. The second-order valence-electron chi connectivity index (χ2n) is 3.56. The van der Waals surface area contributed by atoms with Gasteiger partial charge < -0.3 is 5.11 Å². The summed E-state index contributed by atoms with van der Waals surface area (Å²) in [4.78, 5) is 1.13. The molecule has 0 amide bonds. The van der Waals surface area contributed by atoms with E-state index in [4.69, 9.17) is 11.6 Å². The molecule has 1 aromatic rings. The van der Waals surface area contributed by atoms with E-state index in [9.17, 15) is 5.11 Å². The Bertz CT molecular complexity index is 263. The third kappa shape index (κ3) is 4.55. The lowest BCUT2D eigenvalue weighted by molar-refractivity contribution is 0.107. The molecule has 0 fully saturated rings. The van der Waals surface area contributed by atoms with Crippen LogP contribution in [0.25, 0.3) is 0 Å². The molecular formula is C10H13ClOS. The Hall–Kier alpha value is -0.180. The minimum atomic E-state index is -0.621. The normalized spacial score (nSPS) is 11.7. The number of benzene rings is 1. The average molecular weight is 217 g/mol. The Morgan fingerprint density at radius 2 is 1.85 bits per heavy atom. The molecule has 1 N–H and O–H groups in total. The van der Waals surface area contributed by atoms with E-state index < -0.39 is 5.60 Å². The van der Waals surface area contributed by atoms with Crippen molar-refractivity contribution in [1.29, 1.82) is 0 Å². The van der Waals surface area contributed by atoms with Crippen LogP contribution in [0.5, 0.6) is 0 Å². The topological polar surface area (TPSA) is 20.2 Å². The van der Waals surface area contributed by atoms with Crippen LogP contribution in [0.1, 0.15) is 13.8 Å². The van der Waals surface area contributed by atoms with Gasteiger partial charge in [0.15, 0.2) is 0 Å². The third-order valence-electron chi connectivity index (χ3n) is 1.41. The van der Waals surface area contributed by atoms with Crippen LogP contribution in [0.4, 0.5) is 0 Å². The lowest BCUT2D eigenvalue weighted by Gasteiger charge is -2.15. The molecule has 0 aliphatic heterocycles. The summed E-state index contributed by atoms with van der Waals surface area (Å²) in [6.45, 7) is 3.60. The number of halogens is 1. The molecule has 0 atom stereocenters. The highest BCUT2D eigenvalue weighted by Crippen LogP contribution is 2.23. The first-order valence-electron chi connectivity index (χ1n) is 4.08. The van der Waals surface area contributed by atoms with E-state index in [1.54, 1.807) is 25.6 Å². The number of hydrogen-bond acceptors (Lipinski definition) is 2. The van der Waals surface area contributed by atoms with Crippen molar-refractivity contribution in [2.45, 2.75) is 24.3 Å². The second-order valence-corrected chi connectivity index (χ2v) is 5.04. The SMILES string of the molecule is CC(C)(O)CSc1ccc(Cl)cc1. The van der Waals surface area contributed by atoms with Crippen molar-refractivity contribution in [2.24, 2.45) is 0 Å². The molecule has 3 heteroatoms. The van der Waals surface area contributed by atoms with E-state index in [-0.39, 0.29) is 0 Å². The van der Waals surface area contributed by atoms with Gasteiger partial charge in [-0.25, -0.2) is 0 Å². The molecular weight excluding hydrogens is 204 g/mol. The van der Waals surface area contributed by atoms with Crippen LogP contribution in [-0.4, -0.2) is 16.5 Å². The Labute approximate surface area is 88.1 Å². The highest BCUT2D eigenvalue weighted by Gasteiger charge is 2.12. The molecule has 1 aromatic carbocycles. The molecule has 13 heavy (non-hydrogen) atoms. The molecule has 72 valence electrons. The summed E-state index contributed by atoms with van der Waals surface area (Å²) in [5.41, 5.74) is -0.621. The highest BCUT2D eigenvalue weighted by molar-refractivity contribution is 7.99. The maximum atomic E-state index is 9.49. The summed E-state index contributed by atoms with van der Waals surface area (Å²) in [6.07, 6.45) is 0. The second kappa shape index (κ2) is 4.36. The van der Waals surface area contributed by atoms with Crippen LogP contribution in [0.15, 0.2) is 29.2 Å². The fraction of sp³-hybridized carbons (Fsp3) is 0.400. The standard InChI is InChI=1S/C10H13ClOS/c1-10(2,12)7-13-9-5-3-8(11)4-6-9/h3-6,12H,7H2,1-2H3. The molecule has 0 saturated heterocycles. The smallest absolute Gasteiger partial charge is 0.0685 e. The zero-order valence-corrected chi connectivity index (χ0v) is 9.32. The van der Waals surface area contributed by atoms with Crippen LogP contribution >= 0.6 is 23.4 Å². The molecule has 0 radical (unpaired) electrons. The van der Waals surface area contributed by atoms with Crippen molar-refractivity contribution in [3.8, 4) is 0 Å². The molecule has 0 aliphatic rings. The fourth-order valence-corrected chi connectivity index (χ4v) is 1.77. The van der Waals surface area contributed by atoms with Crippen molar-refractivity contribution in [3.63, 3.8) is 0 Å².